The van der Waals surface area contributed by atoms with E-state index in [0.29, 0.717) is 11.3 Å². The van der Waals surface area contributed by atoms with E-state index < -0.39 is 0 Å². The van der Waals surface area contributed by atoms with Crippen molar-refractivity contribution in [1.82, 2.24) is 9.80 Å². The number of hydrogen-bond donors (Lipinski definition) is 0. The second-order valence-electron chi connectivity index (χ2n) is 6.27. The highest BCUT2D eigenvalue weighted by molar-refractivity contribution is 5.97. The molecule has 24 heavy (non-hydrogen) atoms. The minimum atomic E-state index is -0.359. The van der Waals surface area contributed by atoms with Gasteiger partial charge in [0.15, 0.2) is 5.78 Å². The van der Waals surface area contributed by atoms with E-state index in [2.05, 4.69) is 25.7 Å². The van der Waals surface area contributed by atoms with Gasteiger partial charge in [0.05, 0.1) is 5.56 Å². The first kappa shape index (κ1) is 18.5. The Hall–Kier alpha value is -1.88. The Morgan fingerprint density at radius 3 is 2.38 bits per heavy atom. The van der Waals surface area contributed by atoms with E-state index in [1.165, 1.54) is 6.92 Å². The van der Waals surface area contributed by atoms with Crippen LogP contribution in [-0.2, 0) is 0 Å². The van der Waals surface area contributed by atoms with Crippen molar-refractivity contribution in [2.24, 2.45) is 0 Å². The maximum Gasteiger partial charge on any atom is 0.415 e. The van der Waals surface area contributed by atoms with Crippen LogP contribution >= 0.6 is 0 Å². The molecule has 1 saturated heterocycles. The molecule has 5 heteroatoms. The van der Waals surface area contributed by atoms with Crippen LogP contribution in [0.4, 0.5) is 4.79 Å². The SMILES string of the molecule is CCN(CC)C(C)c1ccc(C(C)=O)c(OC(=O)N2CCCC2)c1. The molecule has 0 aliphatic carbocycles. The van der Waals surface area contributed by atoms with E-state index in [-0.39, 0.29) is 17.9 Å². The van der Waals surface area contributed by atoms with Gasteiger partial charge in [-0.1, -0.05) is 19.9 Å². The number of benzene rings is 1. The molecule has 1 atom stereocenters. The standard InChI is InChI=1S/C19H28N2O3/c1-5-20(6-2)14(3)16-9-10-17(15(4)22)18(13-16)24-19(23)21-11-7-8-12-21/h9-10,13-14H,5-8,11-12H2,1-4H3. The van der Waals surface area contributed by atoms with E-state index in [1.54, 1.807) is 11.0 Å². The highest BCUT2D eigenvalue weighted by Crippen LogP contribution is 2.28. The number of ether oxygens (including phenoxy) is 1. The third-order valence-corrected chi connectivity index (χ3v) is 4.79. The number of Topliss-reactive ketones (excluding diaryl/α,β-unsaturated/α-hetero) is 1. The van der Waals surface area contributed by atoms with Crippen LogP contribution in [0.5, 0.6) is 5.75 Å². The van der Waals surface area contributed by atoms with E-state index in [4.69, 9.17) is 4.74 Å². The monoisotopic (exact) mass is 332 g/mol. The molecule has 1 heterocycles. The normalized spacial score (nSPS) is 15.6. The second kappa shape index (κ2) is 8.29. The molecule has 1 aromatic rings. The molecule has 1 fully saturated rings. The van der Waals surface area contributed by atoms with Gasteiger partial charge in [-0.2, -0.15) is 0 Å². The Labute approximate surface area is 144 Å². The number of hydrogen-bond acceptors (Lipinski definition) is 4. The van der Waals surface area contributed by atoms with Crippen molar-refractivity contribution in [2.45, 2.75) is 46.6 Å². The van der Waals surface area contributed by atoms with Crippen molar-refractivity contribution < 1.29 is 14.3 Å². The summed E-state index contributed by atoms with van der Waals surface area (Å²) < 4.78 is 5.58. The van der Waals surface area contributed by atoms with Gasteiger partial charge in [0.1, 0.15) is 5.75 Å². The number of likely N-dealkylation sites (tertiary alicyclic amines) is 1. The molecule has 0 aromatic heterocycles. The molecule has 5 nitrogen and oxygen atoms in total. The number of rotatable bonds is 6. The second-order valence-corrected chi connectivity index (χ2v) is 6.27. The summed E-state index contributed by atoms with van der Waals surface area (Å²) in [6, 6.07) is 5.76. The molecule has 0 bridgehead atoms. The lowest BCUT2D eigenvalue weighted by atomic mass is 10.0. The van der Waals surface area contributed by atoms with Gasteiger partial charge in [-0.3, -0.25) is 9.69 Å². The summed E-state index contributed by atoms with van der Waals surface area (Å²) in [6.45, 7) is 11.2. The van der Waals surface area contributed by atoms with E-state index in [1.807, 2.05) is 12.1 Å². The van der Waals surface area contributed by atoms with Crippen molar-refractivity contribution in [2.75, 3.05) is 26.2 Å². The highest BCUT2D eigenvalue weighted by atomic mass is 16.6. The number of amides is 1. The highest BCUT2D eigenvalue weighted by Gasteiger charge is 2.23. The number of ketones is 1. The lowest BCUT2D eigenvalue weighted by Crippen LogP contribution is -2.31. The molecule has 1 aliphatic heterocycles. The van der Waals surface area contributed by atoms with Crippen LogP contribution in [0.3, 0.4) is 0 Å². The largest absolute Gasteiger partial charge is 0.415 e. The van der Waals surface area contributed by atoms with Gasteiger partial charge in [-0.25, -0.2) is 4.79 Å². The molecular formula is C19H28N2O3. The van der Waals surface area contributed by atoms with Crippen LogP contribution in [0.1, 0.15) is 62.5 Å². The molecule has 1 unspecified atom stereocenters. The zero-order valence-electron chi connectivity index (χ0n) is 15.2. The lowest BCUT2D eigenvalue weighted by Gasteiger charge is -2.27. The minimum Gasteiger partial charge on any atom is -0.409 e. The molecule has 132 valence electrons. The Morgan fingerprint density at radius 1 is 1.21 bits per heavy atom. The van der Waals surface area contributed by atoms with Crippen LogP contribution in [-0.4, -0.2) is 47.9 Å². The van der Waals surface area contributed by atoms with Crippen molar-refractivity contribution >= 4 is 11.9 Å². The quantitative estimate of drug-likeness (QED) is 0.742. The fourth-order valence-electron chi connectivity index (χ4n) is 3.21. The minimum absolute atomic E-state index is 0.0961. The Balaban J connectivity index is 2.27. The first-order valence-electron chi connectivity index (χ1n) is 8.83. The average Bonchev–Trinajstić information content (AvgIpc) is 3.10. The Kier molecular flexibility index (Phi) is 6.37. The van der Waals surface area contributed by atoms with Gasteiger partial charge < -0.3 is 9.64 Å². The maximum atomic E-state index is 12.3. The molecule has 0 N–H and O–H groups in total. The fourth-order valence-corrected chi connectivity index (χ4v) is 3.21. The number of carbonyl (C=O) groups is 2. The van der Waals surface area contributed by atoms with Crippen LogP contribution in [0.25, 0.3) is 0 Å². The lowest BCUT2D eigenvalue weighted by molar-refractivity contribution is 0.101. The summed E-state index contributed by atoms with van der Waals surface area (Å²) in [6.07, 6.45) is 1.66. The molecule has 0 radical (unpaired) electrons. The van der Waals surface area contributed by atoms with E-state index in [0.717, 1.165) is 44.6 Å². The third kappa shape index (κ3) is 4.15. The smallest absolute Gasteiger partial charge is 0.409 e. The number of nitrogens with zero attached hydrogens (tertiary/aromatic N) is 2. The molecular weight excluding hydrogens is 304 g/mol. The Bertz CT molecular complexity index is 590. The molecule has 1 amide bonds. The first-order valence-corrected chi connectivity index (χ1v) is 8.83. The van der Waals surface area contributed by atoms with Gasteiger partial charge in [0, 0.05) is 19.1 Å². The van der Waals surface area contributed by atoms with Gasteiger partial charge in [-0.05, 0) is 57.5 Å². The van der Waals surface area contributed by atoms with Crippen molar-refractivity contribution in [3.63, 3.8) is 0 Å². The fraction of sp³-hybridized carbons (Fsp3) is 0.579. The molecule has 0 spiro atoms. The van der Waals surface area contributed by atoms with Crippen LogP contribution in [0, 0.1) is 0 Å². The summed E-state index contributed by atoms with van der Waals surface area (Å²) in [4.78, 5) is 28.2. The Morgan fingerprint density at radius 2 is 1.83 bits per heavy atom. The molecule has 0 saturated carbocycles. The van der Waals surface area contributed by atoms with Crippen LogP contribution in [0.2, 0.25) is 0 Å². The van der Waals surface area contributed by atoms with Crippen LogP contribution < -0.4 is 4.74 Å². The summed E-state index contributed by atoms with van der Waals surface area (Å²) in [5.41, 5.74) is 1.51. The third-order valence-electron chi connectivity index (χ3n) is 4.79. The maximum absolute atomic E-state index is 12.3. The van der Waals surface area contributed by atoms with Crippen molar-refractivity contribution in [3.8, 4) is 5.75 Å². The van der Waals surface area contributed by atoms with Gasteiger partial charge >= 0.3 is 6.09 Å². The molecule has 1 aliphatic rings. The average molecular weight is 332 g/mol. The molecule has 2 rings (SSSR count). The summed E-state index contributed by atoms with van der Waals surface area (Å²) in [7, 11) is 0. The topological polar surface area (TPSA) is 49.9 Å². The van der Waals surface area contributed by atoms with Gasteiger partial charge in [0.2, 0.25) is 0 Å². The first-order chi connectivity index (χ1) is 11.5. The number of carbonyl (C=O) groups excluding carboxylic acids is 2. The predicted octanol–water partition coefficient (Wildman–Crippen LogP) is 3.89. The van der Waals surface area contributed by atoms with Gasteiger partial charge in [0.25, 0.3) is 0 Å². The summed E-state index contributed by atoms with van der Waals surface area (Å²) in [5.74, 6) is 0.275. The van der Waals surface area contributed by atoms with Crippen LogP contribution in [0.15, 0.2) is 18.2 Å². The zero-order valence-corrected chi connectivity index (χ0v) is 15.2. The van der Waals surface area contributed by atoms with Crippen molar-refractivity contribution in [1.29, 1.82) is 0 Å². The summed E-state index contributed by atoms with van der Waals surface area (Å²) >= 11 is 0. The van der Waals surface area contributed by atoms with Gasteiger partial charge in [-0.15, -0.1) is 0 Å². The molecule has 1 aromatic carbocycles. The van der Waals surface area contributed by atoms with E-state index >= 15 is 0 Å². The zero-order chi connectivity index (χ0) is 17.7. The van der Waals surface area contributed by atoms with Crippen molar-refractivity contribution in [3.05, 3.63) is 29.3 Å². The van der Waals surface area contributed by atoms with E-state index in [9.17, 15) is 9.59 Å². The predicted molar refractivity (Wildman–Crippen MR) is 94.6 cm³/mol. The summed E-state index contributed by atoms with van der Waals surface area (Å²) in [5, 5.41) is 0.